The first-order valence-electron chi connectivity index (χ1n) is 6.90. The van der Waals surface area contributed by atoms with Crippen LogP contribution in [0.1, 0.15) is 36.3 Å². The van der Waals surface area contributed by atoms with Crippen molar-refractivity contribution in [2.75, 3.05) is 13.2 Å². The van der Waals surface area contributed by atoms with Crippen LogP contribution < -0.4 is 0 Å². The first-order chi connectivity index (χ1) is 9.81. The van der Waals surface area contributed by atoms with Gasteiger partial charge in [-0.15, -0.1) is 0 Å². The molecule has 2 fully saturated rings. The van der Waals surface area contributed by atoms with E-state index in [0.717, 1.165) is 24.1 Å². The topological polar surface area (TPSA) is 36.3 Å². The molecule has 4 rings (SSSR count). The van der Waals surface area contributed by atoms with Crippen molar-refractivity contribution in [3.8, 4) is 5.69 Å². The molecule has 2 aliphatic rings. The summed E-state index contributed by atoms with van der Waals surface area (Å²) in [7, 11) is 0. The molecule has 0 radical (unpaired) electrons. The molecule has 1 aliphatic carbocycles. The third-order valence-electron chi connectivity index (χ3n) is 3.71. The Bertz CT molecular complexity index is 613. The molecule has 1 aliphatic heterocycles. The highest BCUT2D eigenvalue weighted by Crippen LogP contribution is 2.40. The van der Waals surface area contributed by atoms with Crippen molar-refractivity contribution in [3.05, 3.63) is 47.5 Å². The number of hydrogen-bond donors (Lipinski definition) is 0. The van der Waals surface area contributed by atoms with Crippen molar-refractivity contribution in [3.63, 3.8) is 0 Å². The predicted octanol–water partition coefficient (Wildman–Crippen LogP) is 2.93. The molecule has 1 saturated heterocycles. The first kappa shape index (κ1) is 12.1. The van der Waals surface area contributed by atoms with E-state index in [-0.39, 0.29) is 12.1 Å². The molecule has 0 atom stereocenters. The van der Waals surface area contributed by atoms with Gasteiger partial charge in [-0.2, -0.15) is 5.10 Å². The number of aromatic nitrogens is 2. The highest BCUT2D eigenvalue weighted by atomic mass is 19.1. The lowest BCUT2D eigenvalue weighted by atomic mass is 10.2. The van der Waals surface area contributed by atoms with Gasteiger partial charge in [0.05, 0.1) is 25.1 Å². The van der Waals surface area contributed by atoms with Gasteiger partial charge in [0, 0.05) is 11.5 Å². The number of ether oxygens (including phenoxy) is 2. The van der Waals surface area contributed by atoms with Crippen LogP contribution in [-0.2, 0) is 9.47 Å². The molecule has 1 saturated carbocycles. The van der Waals surface area contributed by atoms with Gasteiger partial charge in [0.2, 0.25) is 0 Å². The van der Waals surface area contributed by atoms with E-state index in [1.807, 2.05) is 24.3 Å². The lowest BCUT2D eigenvalue weighted by molar-refractivity contribution is -0.0441. The maximum Gasteiger partial charge on any atom is 0.184 e. The summed E-state index contributed by atoms with van der Waals surface area (Å²) in [5.74, 6) is 0.106. The van der Waals surface area contributed by atoms with E-state index in [2.05, 4.69) is 5.10 Å². The van der Waals surface area contributed by atoms with Gasteiger partial charge in [0.1, 0.15) is 5.69 Å². The zero-order valence-corrected chi connectivity index (χ0v) is 11.0. The van der Waals surface area contributed by atoms with E-state index >= 15 is 0 Å². The van der Waals surface area contributed by atoms with Crippen LogP contribution in [0.2, 0.25) is 0 Å². The maximum atomic E-state index is 13.8. The fourth-order valence-corrected chi connectivity index (χ4v) is 2.47. The minimum absolute atomic E-state index is 0.209. The largest absolute Gasteiger partial charge is 0.346 e. The second-order valence-electron chi connectivity index (χ2n) is 5.25. The van der Waals surface area contributed by atoms with Crippen LogP contribution in [0.3, 0.4) is 0 Å². The second kappa shape index (κ2) is 4.68. The number of benzene rings is 1. The van der Waals surface area contributed by atoms with E-state index in [1.165, 1.54) is 6.20 Å². The molecule has 0 spiro atoms. The van der Waals surface area contributed by atoms with Crippen LogP contribution in [0.4, 0.5) is 4.39 Å². The molecule has 0 amide bonds. The summed E-state index contributed by atoms with van der Waals surface area (Å²) < 4.78 is 26.3. The lowest BCUT2D eigenvalue weighted by Crippen LogP contribution is -2.00. The first-order valence-corrected chi connectivity index (χ1v) is 6.90. The van der Waals surface area contributed by atoms with E-state index in [1.54, 1.807) is 4.68 Å². The van der Waals surface area contributed by atoms with Crippen LogP contribution >= 0.6 is 0 Å². The van der Waals surface area contributed by atoms with Crippen LogP contribution in [0, 0.1) is 5.82 Å². The van der Waals surface area contributed by atoms with Crippen molar-refractivity contribution in [2.45, 2.75) is 25.0 Å². The van der Waals surface area contributed by atoms with Crippen LogP contribution in [0.25, 0.3) is 5.69 Å². The number of rotatable bonds is 3. The summed E-state index contributed by atoms with van der Waals surface area (Å²) in [4.78, 5) is 0. The summed E-state index contributed by atoms with van der Waals surface area (Å²) in [6, 6.07) is 7.68. The average molecular weight is 274 g/mol. The minimum Gasteiger partial charge on any atom is -0.346 e. The Morgan fingerprint density at radius 2 is 1.80 bits per heavy atom. The van der Waals surface area contributed by atoms with Gasteiger partial charge in [0.25, 0.3) is 0 Å². The molecule has 1 aromatic carbocycles. The van der Waals surface area contributed by atoms with Crippen molar-refractivity contribution < 1.29 is 13.9 Å². The van der Waals surface area contributed by atoms with Gasteiger partial charge < -0.3 is 9.47 Å². The van der Waals surface area contributed by atoms with Gasteiger partial charge in [-0.05, 0) is 25.0 Å². The van der Waals surface area contributed by atoms with Gasteiger partial charge >= 0.3 is 0 Å². The Balaban J connectivity index is 1.60. The Morgan fingerprint density at radius 1 is 1.10 bits per heavy atom. The minimum atomic E-state index is -0.277. The zero-order valence-electron chi connectivity index (χ0n) is 11.0. The Labute approximate surface area is 116 Å². The maximum absolute atomic E-state index is 13.8. The molecular weight excluding hydrogens is 259 g/mol. The molecule has 0 unspecified atom stereocenters. The summed E-state index contributed by atoms with van der Waals surface area (Å²) in [5, 5.41) is 4.35. The predicted molar refractivity (Wildman–Crippen MR) is 70.1 cm³/mol. The number of hydrogen-bond acceptors (Lipinski definition) is 3. The number of nitrogens with zero attached hydrogens (tertiary/aromatic N) is 2. The molecule has 5 heteroatoms. The quantitative estimate of drug-likeness (QED) is 0.863. The Morgan fingerprint density at radius 3 is 2.45 bits per heavy atom. The van der Waals surface area contributed by atoms with Crippen LogP contribution in [-0.4, -0.2) is 23.0 Å². The normalized spacial score (nSPS) is 19.6. The smallest absolute Gasteiger partial charge is 0.184 e. The van der Waals surface area contributed by atoms with Gasteiger partial charge in [-0.25, -0.2) is 9.07 Å². The van der Waals surface area contributed by atoms with Crippen molar-refractivity contribution >= 4 is 0 Å². The fourth-order valence-electron chi connectivity index (χ4n) is 2.47. The molecule has 2 heterocycles. The average Bonchev–Trinajstić information content (AvgIpc) is 3.02. The monoisotopic (exact) mass is 274 g/mol. The van der Waals surface area contributed by atoms with Crippen LogP contribution in [0.15, 0.2) is 30.5 Å². The highest BCUT2D eigenvalue weighted by molar-refractivity contribution is 5.35. The number of halogens is 1. The molecule has 104 valence electrons. The highest BCUT2D eigenvalue weighted by Gasteiger charge is 2.29. The van der Waals surface area contributed by atoms with E-state index in [0.29, 0.717) is 24.8 Å². The SMILES string of the molecule is Fc1cn(-c2ccc(C3OCCO3)cc2)nc1C1CC1. The lowest BCUT2D eigenvalue weighted by Gasteiger charge is -2.09. The summed E-state index contributed by atoms with van der Waals surface area (Å²) in [6.07, 6.45) is 3.26. The van der Waals surface area contributed by atoms with E-state index < -0.39 is 0 Å². The zero-order chi connectivity index (χ0) is 13.5. The molecule has 0 N–H and O–H groups in total. The molecule has 1 aromatic heterocycles. The fraction of sp³-hybridized carbons (Fsp3) is 0.400. The third kappa shape index (κ3) is 2.13. The molecule has 0 bridgehead atoms. The van der Waals surface area contributed by atoms with E-state index in [4.69, 9.17) is 9.47 Å². The molecular formula is C15H15FN2O2. The molecule has 4 nitrogen and oxygen atoms in total. The Hall–Kier alpha value is -1.72. The second-order valence-corrected chi connectivity index (χ2v) is 5.25. The van der Waals surface area contributed by atoms with Crippen LogP contribution in [0.5, 0.6) is 0 Å². The van der Waals surface area contributed by atoms with Gasteiger partial charge in [0.15, 0.2) is 12.1 Å². The summed E-state index contributed by atoms with van der Waals surface area (Å²) in [5.41, 5.74) is 2.41. The standard InChI is InChI=1S/C15H15FN2O2/c16-13-9-18(17-14(13)10-1-2-10)12-5-3-11(4-6-12)15-19-7-8-20-15/h3-6,9-10,15H,1-2,7-8H2. The van der Waals surface area contributed by atoms with E-state index in [9.17, 15) is 4.39 Å². The summed E-state index contributed by atoms with van der Waals surface area (Å²) >= 11 is 0. The van der Waals surface area contributed by atoms with Crippen molar-refractivity contribution in [1.82, 2.24) is 9.78 Å². The Kier molecular flexibility index (Phi) is 2.82. The molecule has 2 aromatic rings. The van der Waals surface area contributed by atoms with Gasteiger partial charge in [-0.1, -0.05) is 12.1 Å². The van der Waals surface area contributed by atoms with Gasteiger partial charge in [-0.3, -0.25) is 0 Å². The molecule has 20 heavy (non-hydrogen) atoms. The summed E-state index contributed by atoms with van der Waals surface area (Å²) in [6.45, 7) is 1.25. The third-order valence-corrected chi connectivity index (χ3v) is 3.71. The van der Waals surface area contributed by atoms with Crippen molar-refractivity contribution in [1.29, 1.82) is 0 Å². The van der Waals surface area contributed by atoms with Crippen molar-refractivity contribution in [2.24, 2.45) is 0 Å².